The molecule has 4 heteroatoms. The highest BCUT2D eigenvalue weighted by Gasteiger charge is 2.26. The number of nitrogens with one attached hydrogen (secondary N) is 2. The van der Waals surface area contributed by atoms with Crippen LogP contribution in [0, 0.1) is 5.92 Å². The third-order valence-corrected chi connectivity index (χ3v) is 4.16. The molecule has 0 radical (unpaired) electrons. The summed E-state index contributed by atoms with van der Waals surface area (Å²) in [6.45, 7) is 4.68. The Kier molecular flexibility index (Phi) is 5.45. The van der Waals surface area contributed by atoms with Crippen molar-refractivity contribution in [3.05, 3.63) is 0 Å². The number of carbonyl (C=O) groups excluding carboxylic acids is 1. The van der Waals surface area contributed by atoms with Crippen molar-refractivity contribution in [1.29, 1.82) is 0 Å². The molecule has 0 spiro atoms. The highest BCUT2D eigenvalue weighted by atomic mass is 16.5. The maximum atomic E-state index is 12.1. The van der Waals surface area contributed by atoms with Crippen molar-refractivity contribution in [2.45, 2.75) is 57.5 Å². The summed E-state index contributed by atoms with van der Waals surface area (Å²) in [5, 5.41) is 6.72. The van der Waals surface area contributed by atoms with Crippen LogP contribution in [0.5, 0.6) is 0 Å². The maximum Gasteiger partial charge on any atom is 0.223 e. The molecule has 0 aromatic rings. The lowest BCUT2D eigenvalue weighted by Gasteiger charge is -2.31. The van der Waals surface area contributed by atoms with E-state index >= 15 is 0 Å². The Bertz CT molecular complexity index is 257. The van der Waals surface area contributed by atoms with E-state index in [0.717, 1.165) is 45.4 Å². The minimum atomic E-state index is 0.185. The van der Waals surface area contributed by atoms with Crippen molar-refractivity contribution in [2.24, 2.45) is 5.92 Å². The van der Waals surface area contributed by atoms with Crippen molar-refractivity contribution in [2.75, 3.05) is 19.8 Å². The molecule has 0 unspecified atom stereocenters. The fourth-order valence-corrected chi connectivity index (χ4v) is 3.01. The van der Waals surface area contributed by atoms with Crippen LogP contribution in [0.2, 0.25) is 0 Å². The summed E-state index contributed by atoms with van der Waals surface area (Å²) < 4.78 is 5.29. The Morgan fingerprint density at radius 1 is 1.06 bits per heavy atom. The predicted molar refractivity (Wildman–Crippen MR) is 71.4 cm³/mol. The van der Waals surface area contributed by atoms with Crippen LogP contribution in [0.4, 0.5) is 0 Å². The number of ether oxygens (including phenoxy) is 1. The summed E-state index contributed by atoms with van der Waals surface area (Å²) in [4.78, 5) is 12.1. The van der Waals surface area contributed by atoms with Gasteiger partial charge in [0.1, 0.15) is 0 Å². The predicted octanol–water partition coefficient (Wildman–Crippen LogP) is 1.45. The molecule has 4 nitrogen and oxygen atoms in total. The lowest BCUT2D eigenvalue weighted by atomic mass is 9.90. The molecule has 0 aromatic carbocycles. The maximum absolute atomic E-state index is 12.1. The minimum absolute atomic E-state index is 0.185. The van der Waals surface area contributed by atoms with Crippen LogP contribution in [-0.2, 0) is 9.53 Å². The van der Waals surface area contributed by atoms with Crippen molar-refractivity contribution < 1.29 is 9.53 Å². The van der Waals surface area contributed by atoms with Crippen molar-refractivity contribution in [3.8, 4) is 0 Å². The van der Waals surface area contributed by atoms with E-state index in [0.29, 0.717) is 12.1 Å². The van der Waals surface area contributed by atoms with Gasteiger partial charge in [-0.1, -0.05) is 6.92 Å². The Morgan fingerprint density at radius 2 is 1.67 bits per heavy atom. The number of hydrogen-bond acceptors (Lipinski definition) is 3. The van der Waals surface area contributed by atoms with E-state index in [-0.39, 0.29) is 11.8 Å². The molecular formula is C14H26N2O2. The summed E-state index contributed by atoms with van der Waals surface area (Å²) >= 11 is 0. The van der Waals surface area contributed by atoms with Crippen molar-refractivity contribution >= 4 is 5.91 Å². The topological polar surface area (TPSA) is 50.4 Å². The summed E-state index contributed by atoms with van der Waals surface area (Å²) in [5.41, 5.74) is 0. The van der Waals surface area contributed by atoms with E-state index in [1.165, 1.54) is 12.8 Å². The smallest absolute Gasteiger partial charge is 0.223 e. The first kappa shape index (κ1) is 13.8. The Hall–Kier alpha value is -0.610. The highest BCUT2D eigenvalue weighted by molar-refractivity contribution is 5.79. The molecule has 2 rings (SSSR count). The standard InChI is InChI=1S/C14H26N2O2/c1-2-15-12-3-5-13(6-4-12)16-14(17)11-7-9-18-10-8-11/h11-13,15H,2-10H2,1H3,(H,16,17). The van der Waals surface area contributed by atoms with Crippen LogP contribution in [0.15, 0.2) is 0 Å². The monoisotopic (exact) mass is 254 g/mol. The average molecular weight is 254 g/mol. The van der Waals surface area contributed by atoms with Gasteiger partial charge in [-0.15, -0.1) is 0 Å². The van der Waals surface area contributed by atoms with E-state index in [2.05, 4.69) is 17.6 Å². The number of carbonyl (C=O) groups is 1. The molecule has 1 saturated heterocycles. The SMILES string of the molecule is CCNC1CCC(NC(=O)C2CCOCC2)CC1. The first-order valence-corrected chi connectivity index (χ1v) is 7.41. The van der Waals surface area contributed by atoms with Gasteiger partial charge >= 0.3 is 0 Å². The molecule has 104 valence electrons. The summed E-state index contributed by atoms with van der Waals surface area (Å²) in [5.74, 6) is 0.440. The zero-order chi connectivity index (χ0) is 12.8. The lowest BCUT2D eigenvalue weighted by molar-refractivity contribution is -0.128. The molecule has 0 aromatic heterocycles. The second-order valence-corrected chi connectivity index (χ2v) is 5.50. The number of amides is 1. The first-order chi connectivity index (χ1) is 8.79. The number of hydrogen-bond donors (Lipinski definition) is 2. The van der Waals surface area contributed by atoms with Gasteiger partial charge in [-0.2, -0.15) is 0 Å². The zero-order valence-electron chi connectivity index (χ0n) is 11.4. The van der Waals surface area contributed by atoms with E-state index in [1.54, 1.807) is 0 Å². The van der Waals surface area contributed by atoms with Crippen LogP contribution in [-0.4, -0.2) is 37.7 Å². The normalized spacial score (nSPS) is 30.1. The fourth-order valence-electron chi connectivity index (χ4n) is 3.01. The van der Waals surface area contributed by atoms with Gasteiger partial charge in [0.2, 0.25) is 5.91 Å². The van der Waals surface area contributed by atoms with Gasteiger partial charge in [-0.25, -0.2) is 0 Å². The summed E-state index contributed by atoms with van der Waals surface area (Å²) in [6.07, 6.45) is 6.38. The fraction of sp³-hybridized carbons (Fsp3) is 0.929. The molecule has 0 atom stereocenters. The second kappa shape index (κ2) is 7.10. The molecule has 1 aliphatic carbocycles. The largest absolute Gasteiger partial charge is 0.381 e. The molecule has 18 heavy (non-hydrogen) atoms. The molecule has 2 N–H and O–H groups in total. The third-order valence-electron chi connectivity index (χ3n) is 4.16. The summed E-state index contributed by atoms with van der Waals surface area (Å²) in [6, 6.07) is 1.06. The molecule has 0 bridgehead atoms. The number of rotatable bonds is 4. The quantitative estimate of drug-likeness (QED) is 0.798. The van der Waals surface area contributed by atoms with Gasteiger partial charge in [0.15, 0.2) is 0 Å². The van der Waals surface area contributed by atoms with Crippen LogP contribution < -0.4 is 10.6 Å². The average Bonchev–Trinajstić information content (AvgIpc) is 2.42. The van der Waals surface area contributed by atoms with Gasteiger partial charge in [-0.05, 0) is 45.1 Å². The molecule has 1 saturated carbocycles. The van der Waals surface area contributed by atoms with Crippen LogP contribution in [0.25, 0.3) is 0 Å². The molecule has 1 heterocycles. The minimum Gasteiger partial charge on any atom is -0.381 e. The van der Waals surface area contributed by atoms with Crippen LogP contribution in [0.1, 0.15) is 45.4 Å². The van der Waals surface area contributed by atoms with Gasteiger partial charge in [-0.3, -0.25) is 4.79 Å². The van der Waals surface area contributed by atoms with Crippen molar-refractivity contribution in [3.63, 3.8) is 0 Å². The van der Waals surface area contributed by atoms with E-state index < -0.39 is 0 Å². The van der Waals surface area contributed by atoms with Crippen LogP contribution in [0.3, 0.4) is 0 Å². The first-order valence-electron chi connectivity index (χ1n) is 7.41. The van der Waals surface area contributed by atoms with Crippen molar-refractivity contribution in [1.82, 2.24) is 10.6 Å². The molecule has 1 aliphatic heterocycles. The molecule has 2 aliphatic rings. The lowest BCUT2D eigenvalue weighted by Crippen LogP contribution is -2.44. The Labute approximate surface area is 110 Å². The molecule has 2 fully saturated rings. The summed E-state index contributed by atoms with van der Waals surface area (Å²) in [7, 11) is 0. The van der Waals surface area contributed by atoms with Crippen LogP contribution >= 0.6 is 0 Å². The Balaban J connectivity index is 1.68. The molecule has 1 amide bonds. The second-order valence-electron chi connectivity index (χ2n) is 5.50. The highest BCUT2D eigenvalue weighted by Crippen LogP contribution is 2.20. The van der Waals surface area contributed by atoms with E-state index in [9.17, 15) is 4.79 Å². The van der Waals surface area contributed by atoms with Gasteiger partial charge < -0.3 is 15.4 Å². The van der Waals surface area contributed by atoms with Gasteiger partial charge in [0, 0.05) is 31.2 Å². The third kappa shape index (κ3) is 3.95. The van der Waals surface area contributed by atoms with E-state index in [4.69, 9.17) is 4.74 Å². The zero-order valence-corrected chi connectivity index (χ0v) is 11.4. The van der Waals surface area contributed by atoms with Gasteiger partial charge in [0.05, 0.1) is 0 Å². The van der Waals surface area contributed by atoms with E-state index in [1.807, 2.05) is 0 Å². The van der Waals surface area contributed by atoms with Gasteiger partial charge in [0.25, 0.3) is 0 Å². The molecular weight excluding hydrogens is 228 g/mol. The Morgan fingerprint density at radius 3 is 2.28 bits per heavy atom.